The highest BCUT2D eigenvalue weighted by Crippen LogP contribution is 2.41. The van der Waals surface area contributed by atoms with Crippen molar-refractivity contribution in [1.82, 2.24) is 4.98 Å². The molecule has 1 aromatic heterocycles. The first kappa shape index (κ1) is 12.8. The molecule has 2 aliphatic heterocycles. The van der Waals surface area contributed by atoms with Crippen LogP contribution in [0.4, 0.5) is 0 Å². The number of carbonyl (C=O) groups is 1. The van der Waals surface area contributed by atoms with Crippen LogP contribution in [0.25, 0.3) is 0 Å². The number of hydrogen-bond acceptors (Lipinski definition) is 4. The van der Waals surface area contributed by atoms with Gasteiger partial charge in [0, 0.05) is 24.7 Å². The molecule has 3 heterocycles. The Hall–Kier alpha value is -1.23. The lowest BCUT2D eigenvalue weighted by Crippen LogP contribution is -2.36. The van der Waals surface area contributed by atoms with Gasteiger partial charge in [-0.3, -0.25) is 9.78 Å². The molecular formula is C14H17NO3S. The highest BCUT2D eigenvalue weighted by molar-refractivity contribution is 7.93. The van der Waals surface area contributed by atoms with Gasteiger partial charge in [0.15, 0.2) is 9.84 Å². The number of sulfone groups is 1. The maximum Gasteiger partial charge on any atom is 0.156 e. The van der Waals surface area contributed by atoms with Gasteiger partial charge in [0.05, 0.1) is 10.5 Å². The van der Waals surface area contributed by atoms with Gasteiger partial charge in [0.1, 0.15) is 5.78 Å². The highest BCUT2D eigenvalue weighted by Gasteiger charge is 2.48. The van der Waals surface area contributed by atoms with Gasteiger partial charge in [-0.05, 0) is 43.4 Å². The summed E-state index contributed by atoms with van der Waals surface area (Å²) in [7, 11) is -2.93. The van der Waals surface area contributed by atoms with E-state index < -0.39 is 9.84 Å². The van der Waals surface area contributed by atoms with Gasteiger partial charge in [0.25, 0.3) is 0 Å². The fourth-order valence-electron chi connectivity index (χ4n) is 3.32. The number of carbonyl (C=O) groups excluding carboxylic acids is 1. The van der Waals surface area contributed by atoms with Crippen molar-refractivity contribution >= 4 is 15.6 Å². The Morgan fingerprint density at radius 1 is 1.16 bits per heavy atom. The smallest absolute Gasteiger partial charge is 0.156 e. The van der Waals surface area contributed by atoms with E-state index in [-0.39, 0.29) is 22.2 Å². The number of hydrogen-bond donors (Lipinski definition) is 0. The Balaban J connectivity index is 1.70. The SMILES string of the molecule is O=C(Cc1ccncc1)C1CC2CCC(C1)S2(=O)=O. The summed E-state index contributed by atoms with van der Waals surface area (Å²) >= 11 is 0. The molecule has 0 saturated carbocycles. The number of aromatic nitrogens is 1. The molecule has 2 aliphatic rings. The second kappa shape index (κ2) is 4.71. The molecule has 19 heavy (non-hydrogen) atoms. The molecule has 2 atom stereocenters. The third kappa shape index (κ3) is 2.31. The number of rotatable bonds is 3. The van der Waals surface area contributed by atoms with Crippen LogP contribution >= 0.6 is 0 Å². The maximum absolute atomic E-state index is 12.3. The van der Waals surface area contributed by atoms with Crippen molar-refractivity contribution in [3.05, 3.63) is 30.1 Å². The molecule has 1 aromatic rings. The van der Waals surface area contributed by atoms with Crippen LogP contribution in [0, 0.1) is 5.92 Å². The average molecular weight is 279 g/mol. The van der Waals surface area contributed by atoms with Crippen LogP contribution < -0.4 is 0 Å². The van der Waals surface area contributed by atoms with Gasteiger partial charge < -0.3 is 0 Å². The van der Waals surface area contributed by atoms with Crippen LogP contribution in [0.2, 0.25) is 0 Å². The molecule has 0 aromatic carbocycles. The normalized spacial score (nSPS) is 32.1. The van der Waals surface area contributed by atoms with Gasteiger partial charge in [-0.1, -0.05) is 0 Å². The minimum absolute atomic E-state index is 0.0748. The average Bonchev–Trinajstić information content (AvgIpc) is 2.59. The zero-order valence-electron chi connectivity index (χ0n) is 10.7. The summed E-state index contributed by atoms with van der Waals surface area (Å²) in [6, 6.07) is 3.68. The monoisotopic (exact) mass is 279 g/mol. The van der Waals surface area contributed by atoms with E-state index in [9.17, 15) is 13.2 Å². The minimum atomic E-state index is -2.93. The Morgan fingerprint density at radius 2 is 1.74 bits per heavy atom. The van der Waals surface area contributed by atoms with Crippen LogP contribution in [0.1, 0.15) is 31.2 Å². The van der Waals surface area contributed by atoms with Crippen LogP contribution in [0.5, 0.6) is 0 Å². The van der Waals surface area contributed by atoms with E-state index in [0.717, 1.165) is 18.4 Å². The standard InChI is InChI=1S/C14H17NO3S/c16-14(7-10-3-5-15-6-4-10)11-8-12-1-2-13(9-11)19(12,17)18/h3-6,11-13H,1-2,7-9H2. The molecule has 5 heteroatoms. The van der Waals surface area contributed by atoms with Gasteiger partial charge in [-0.2, -0.15) is 0 Å². The molecule has 0 spiro atoms. The van der Waals surface area contributed by atoms with Crippen molar-refractivity contribution in [2.45, 2.75) is 42.6 Å². The molecular weight excluding hydrogens is 262 g/mol. The second-order valence-corrected chi connectivity index (χ2v) is 8.09. The Kier molecular flexibility index (Phi) is 3.17. The van der Waals surface area contributed by atoms with Crippen molar-refractivity contribution < 1.29 is 13.2 Å². The number of Topliss-reactive ketones (excluding diaryl/α,β-unsaturated/α-hetero) is 1. The number of pyridine rings is 1. The van der Waals surface area contributed by atoms with E-state index in [2.05, 4.69) is 4.98 Å². The lowest BCUT2D eigenvalue weighted by molar-refractivity contribution is -0.122. The molecule has 0 N–H and O–H groups in total. The predicted octanol–water partition coefficient (Wildman–Crippen LogP) is 1.55. The van der Waals surface area contributed by atoms with Crippen molar-refractivity contribution in [3.8, 4) is 0 Å². The molecule has 4 nitrogen and oxygen atoms in total. The van der Waals surface area contributed by atoms with E-state index in [1.54, 1.807) is 12.4 Å². The lowest BCUT2D eigenvalue weighted by atomic mass is 9.91. The topological polar surface area (TPSA) is 64.1 Å². The van der Waals surface area contributed by atoms with Crippen molar-refractivity contribution in [2.75, 3.05) is 0 Å². The summed E-state index contributed by atoms with van der Waals surface area (Å²) < 4.78 is 24.0. The minimum Gasteiger partial charge on any atom is -0.299 e. The highest BCUT2D eigenvalue weighted by atomic mass is 32.2. The van der Waals surface area contributed by atoms with Crippen molar-refractivity contribution in [3.63, 3.8) is 0 Å². The Bertz CT molecular complexity index is 562. The van der Waals surface area contributed by atoms with E-state index >= 15 is 0 Å². The zero-order chi connectivity index (χ0) is 13.5. The third-order valence-corrected chi connectivity index (χ3v) is 7.13. The molecule has 102 valence electrons. The number of fused-ring (bicyclic) bond motifs is 2. The van der Waals surface area contributed by atoms with Crippen molar-refractivity contribution in [1.29, 1.82) is 0 Å². The van der Waals surface area contributed by atoms with Gasteiger partial charge in [0.2, 0.25) is 0 Å². The fraction of sp³-hybridized carbons (Fsp3) is 0.571. The molecule has 2 saturated heterocycles. The molecule has 3 rings (SSSR count). The quantitative estimate of drug-likeness (QED) is 0.842. The first-order valence-corrected chi connectivity index (χ1v) is 8.32. The van der Waals surface area contributed by atoms with Crippen LogP contribution in [-0.4, -0.2) is 29.7 Å². The van der Waals surface area contributed by atoms with E-state index in [0.29, 0.717) is 19.3 Å². The predicted molar refractivity (Wildman–Crippen MR) is 71.4 cm³/mol. The van der Waals surface area contributed by atoms with Gasteiger partial charge >= 0.3 is 0 Å². The summed E-state index contributed by atoms with van der Waals surface area (Å²) in [6.45, 7) is 0. The molecule has 0 aliphatic carbocycles. The Labute approximate surface area is 113 Å². The molecule has 0 radical (unpaired) electrons. The summed E-state index contributed by atoms with van der Waals surface area (Å²) in [5, 5.41) is -0.532. The summed E-state index contributed by atoms with van der Waals surface area (Å²) in [5.74, 6) is 0.104. The first-order valence-electron chi connectivity index (χ1n) is 6.71. The summed E-state index contributed by atoms with van der Waals surface area (Å²) in [6.07, 6.45) is 6.30. The molecule has 2 bridgehead atoms. The van der Waals surface area contributed by atoms with Gasteiger partial charge in [-0.15, -0.1) is 0 Å². The summed E-state index contributed by atoms with van der Waals surface area (Å²) in [5.41, 5.74) is 0.959. The van der Waals surface area contributed by atoms with Crippen LogP contribution in [0.3, 0.4) is 0 Å². The second-order valence-electron chi connectivity index (χ2n) is 5.58. The van der Waals surface area contributed by atoms with Crippen molar-refractivity contribution in [2.24, 2.45) is 5.92 Å². The van der Waals surface area contributed by atoms with Crippen LogP contribution in [-0.2, 0) is 21.1 Å². The number of ketones is 1. The first-order chi connectivity index (χ1) is 9.07. The molecule has 0 amide bonds. The van der Waals surface area contributed by atoms with E-state index in [4.69, 9.17) is 0 Å². The largest absolute Gasteiger partial charge is 0.299 e. The number of nitrogens with zero attached hydrogens (tertiary/aromatic N) is 1. The maximum atomic E-state index is 12.3. The lowest BCUT2D eigenvalue weighted by Gasteiger charge is -2.26. The molecule has 2 fully saturated rings. The zero-order valence-corrected chi connectivity index (χ0v) is 11.5. The fourth-order valence-corrected chi connectivity index (χ4v) is 5.79. The summed E-state index contributed by atoms with van der Waals surface area (Å²) in [4.78, 5) is 16.2. The van der Waals surface area contributed by atoms with Gasteiger partial charge in [-0.25, -0.2) is 8.42 Å². The van der Waals surface area contributed by atoms with Crippen LogP contribution in [0.15, 0.2) is 24.5 Å². The van der Waals surface area contributed by atoms with E-state index in [1.807, 2.05) is 12.1 Å². The third-order valence-electron chi connectivity index (χ3n) is 4.42. The molecule has 2 unspecified atom stereocenters. The van der Waals surface area contributed by atoms with E-state index in [1.165, 1.54) is 0 Å². The Morgan fingerprint density at radius 3 is 2.32 bits per heavy atom.